The minimum absolute atomic E-state index is 0.119. The number of halogens is 3. The molecule has 0 saturated heterocycles. The summed E-state index contributed by atoms with van der Waals surface area (Å²) < 4.78 is 32.7. The number of ether oxygens (including phenoxy) is 1. The van der Waals surface area contributed by atoms with Crippen LogP contribution < -0.4 is 4.74 Å². The minimum Gasteiger partial charge on any atom is -0.497 e. The fourth-order valence-corrected chi connectivity index (χ4v) is 2.28. The maximum absolute atomic E-state index is 13.9. The third-order valence-electron chi connectivity index (χ3n) is 3.00. The number of hydrogen-bond acceptors (Lipinski definition) is 2. The Labute approximate surface area is 124 Å². The van der Waals surface area contributed by atoms with Crippen LogP contribution in [0.4, 0.5) is 8.78 Å². The van der Waals surface area contributed by atoms with Gasteiger partial charge in [0.15, 0.2) is 0 Å². The van der Waals surface area contributed by atoms with Crippen molar-refractivity contribution in [3.63, 3.8) is 0 Å². The first-order chi connectivity index (χ1) is 9.52. The van der Waals surface area contributed by atoms with Gasteiger partial charge in [-0.3, -0.25) is 0 Å². The fourth-order valence-electron chi connectivity index (χ4n) is 1.94. The first kappa shape index (κ1) is 14.9. The summed E-state index contributed by atoms with van der Waals surface area (Å²) in [4.78, 5) is 0. The molecule has 0 radical (unpaired) electrons. The van der Waals surface area contributed by atoms with Crippen molar-refractivity contribution in [1.82, 2.24) is 0 Å². The highest BCUT2D eigenvalue weighted by Crippen LogP contribution is 2.29. The Morgan fingerprint density at radius 1 is 1.15 bits per heavy atom. The molecular formula is C15H13BrF2O2. The summed E-state index contributed by atoms with van der Waals surface area (Å²) in [7, 11) is 1.55. The quantitative estimate of drug-likeness (QED) is 0.850. The van der Waals surface area contributed by atoms with Crippen LogP contribution in [0.1, 0.15) is 17.2 Å². The van der Waals surface area contributed by atoms with Gasteiger partial charge in [-0.25, -0.2) is 8.78 Å². The molecule has 20 heavy (non-hydrogen) atoms. The summed E-state index contributed by atoms with van der Waals surface area (Å²) in [5.74, 6) is -0.847. The van der Waals surface area contributed by atoms with Crippen molar-refractivity contribution in [2.45, 2.75) is 12.5 Å². The normalized spacial score (nSPS) is 12.2. The lowest BCUT2D eigenvalue weighted by atomic mass is 10.0. The molecule has 1 unspecified atom stereocenters. The molecule has 0 amide bonds. The topological polar surface area (TPSA) is 29.5 Å². The number of hydrogen-bond donors (Lipinski definition) is 1. The highest BCUT2D eigenvalue weighted by molar-refractivity contribution is 9.10. The maximum atomic E-state index is 13.9. The Balaban J connectivity index is 2.23. The molecule has 0 fully saturated rings. The van der Waals surface area contributed by atoms with E-state index in [-0.39, 0.29) is 16.5 Å². The van der Waals surface area contributed by atoms with Crippen molar-refractivity contribution in [3.8, 4) is 5.75 Å². The lowest BCUT2D eigenvalue weighted by Crippen LogP contribution is -2.08. The average Bonchev–Trinajstić information content (AvgIpc) is 2.44. The van der Waals surface area contributed by atoms with Gasteiger partial charge in [0.25, 0.3) is 0 Å². The van der Waals surface area contributed by atoms with Crippen LogP contribution >= 0.6 is 15.9 Å². The van der Waals surface area contributed by atoms with Gasteiger partial charge in [0, 0.05) is 6.42 Å². The van der Waals surface area contributed by atoms with E-state index in [0.29, 0.717) is 5.75 Å². The van der Waals surface area contributed by atoms with Crippen LogP contribution in [0.3, 0.4) is 0 Å². The molecule has 0 aliphatic rings. The van der Waals surface area contributed by atoms with E-state index in [4.69, 9.17) is 4.74 Å². The van der Waals surface area contributed by atoms with Crippen molar-refractivity contribution < 1.29 is 18.6 Å². The molecule has 0 heterocycles. The van der Waals surface area contributed by atoms with Gasteiger partial charge in [-0.2, -0.15) is 0 Å². The third kappa shape index (κ3) is 3.16. The molecule has 0 aliphatic carbocycles. The van der Waals surface area contributed by atoms with Gasteiger partial charge < -0.3 is 9.84 Å². The molecule has 2 rings (SSSR count). The van der Waals surface area contributed by atoms with Crippen molar-refractivity contribution in [1.29, 1.82) is 0 Å². The van der Waals surface area contributed by atoms with E-state index in [1.807, 2.05) is 0 Å². The van der Waals surface area contributed by atoms with Gasteiger partial charge in [0.05, 0.1) is 23.2 Å². The number of methoxy groups -OCH3 is 1. The molecular weight excluding hydrogens is 330 g/mol. The summed E-state index contributed by atoms with van der Waals surface area (Å²) >= 11 is 2.98. The highest BCUT2D eigenvalue weighted by atomic mass is 79.9. The van der Waals surface area contributed by atoms with Crippen LogP contribution in [0.2, 0.25) is 0 Å². The Morgan fingerprint density at radius 3 is 2.40 bits per heavy atom. The van der Waals surface area contributed by atoms with E-state index in [1.165, 1.54) is 6.07 Å². The van der Waals surface area contributed by atoms with Gasteiger partial charge in [0.1, 0.15) is 17.4 Å². The summed E-state index contributed by atoms with van der Waals surface area (Å²) in [5.41, 5.74) is 0.437. The van der Waals surface area contributed by atoms with Crippen molar-refractivity contribution in [2.24, 2.45) is 0 Å². The molecule has 0 saturated carbocycles. The molecule has 0 aliphatic heterocycles. The van der Waals surface area contributed by atoms with E-state index in [9.17, 15) is 13.9 Å². The molecule has 2 aromatic carbocycles. The lowest BCUT2D eigenvalue weighted by molar-refractivity contribution is 0.168. The Morgan fingerprint density at radius 2 is 1.80 bits per heavy atom. The van der Waals surface area contributed by atoms with Crippen molar-refractivity contribution >= 4 is 15.9 Å². The standard InChI is InChI=1S/C15H13BrF2O2/c1-20-10-4-2-9(3-5-10)8-13(19)14-12(17)7-6-11(16)15(14)18/h2-7,13,19H,8H2,1H3. The Bertz CT molecular complexity index is 600. The van der Waals surface area contributed by atoms with Crippen LogP contribution in [-0.4, -0.2) is 12.2 Å². The second kappa shape index (κ2) is 6.33. The predicted octanol–water partition coefficient (Wildman–Crippen LogP) is 4.01. The summed E-state index contributed by atoms with van der Waals surface area (Å²) in [6, 6.07) is 9.35. The van der Waals surface area contributed by atoms with Gasteiger partial charge in [0.2, 0.25) is 0 Å². The van der Waals surface area contributed by atoms with Crippen LogP contribution in [0.15, 0.2) is 40.9 Å². The smallest absolute Gasteiger partial charge is 0.146 e. The molecule has 2 aromatic rings. The average molecular weight is 343 g/mol. The SMILES string of the molecule is COc1ccc(CC(O)c2c(F)ccc(Br)c2F)cc1. The minimum atomic E-state index is -1.25. The predicted molar refractivity (Wildman–Crippen MR) is 75.7 cm³/mol. The number of aliphatic hydroxyl groups is 1. The number of aliphatic hydroxyl groups excluding tert-OH is 1. The first-order valence-corrected chi connectivity index (χ1v) is 6.76. The van der Waals surface area contributed by atoms with Crippen LogP contribution in [0.5, 0.6) is 5.75 Å². The fraction of sp³-hybridized carbons (Fsp3) is 0.200. The maximum Gasteiger partial charge on any atom is 0.146 e. The first-order valence-electron chi connectivity index (χ1n) is 5.97. The lowest BCUT2D eigenvalue weighted by Gasteiger charge is -2.14. The van der Waals surface area contributed by atoms with Gasteiger partial charge >= 0.3 is 0 Å². The number of benzene rings is 2. The van der Waals surface area contributed by atoms with Gasteiger partial charge in [-0.05, 0) is 45.8 Å². The van der Waals surface area contributed by atoms with Crippen LogP contribution in [0.25, 0.3) is 0 Å². The second-order valence-electron chi connectivity index (χ2n) is 4.32. The van der Waals surface area contributed by atoms with Crippen LogP contribution in [-0.2, 0) is 6.42 Å². The van der Waals surface area contributed by atoms with Crippen molar-refractivity contribution in [3.05, 3.63) is 63.6 Å². The third-order valence-corrected chi connectivity index (χ3v) is 3.61. The van der Waals surface area contributed by atoms with Gasteiger partial charge in [-0.15, -0.1) is 0 Å². The highest BCUT2D eigenvalue weighted by Gasteiger charge is 2.20. The summed E-state index contributed by atoms with van der Waals surface area (Å²) in [6.45, 7) is 0. The molecule has 0 spiro atoms. The molecule has 5 heteroatoms. The van der Waals surface area contributed by atoms with E-state index >= 15 is 0 Å². The number of rotatable bonds is 4. The van der Waals surface area contributed by atoms with Crippen molar-refractivity contribution in [2.75, 3.05) is 7.11 Å². The van der Waals surface area contributed by atoms with Gasteiger partial charge in [-0.1, -0.05) is 12.1 Å². The molecule has 1 N–H and O–H groups in total. The molecule has 2 nitrogen and oxygen atoms in total. The van der Waals surface area contributed by atoms with E-state index in [0.717, 1.165) is 11.6 Å². The molecule has 1 atom stereocenters. The van der Waals surface area contributed by atoms with Crippen LogP contribution in [0, 0.1) is 11.6 Å². The Hall–Kier alpha value is -1.46. The molecule has 0 aromatic heterocycles. The zero-order valence-corrected chi connectivity index (χ0v) is 12.3. The summed E-state index contributed by atoms with van der Waals surface area (Å²) in [5, 5.41) is 10.1. The van der Waals surface area contributed by atoms with E-state index in [2.05, 4.69) is 15.9 Å². The zero-order valence-electron chi connectivity index (χ0n) is 10.7. The molecule has 106 valence electrons. The van der Waals surface area contributed by atoms with E-state index in [1.54, 1.807) is 31.4 Å². The monoisotopic (exact) mass is 342 g/mol. The zero-order chi connectivity index (χ0) is 14.7. The summed E-state index contributed by atoms with van der Waals surface area (Å²) in [6.07, 6.45) is -1.13. The van der Waals surface area contributed by atoms with E-state index < -0.39 is 17.7 Å². The molecule has 0 bridgehead atoms. The Kier molecular flexibility index (Phi) is 4.73. The second-order valence-corrected chi connectivity index (χ2v) is 5.18. The largest absolute Gasteiger partial charge is 0.497 e.